The molecule has 53 heavy (non-hydrogen) atoms. The van der Waals surface area contributed by atoms with E-state index in [1.165, 1.54) is 60.7 Å². The predicted octanol–water partition coefficient (Wildman–Crippen LogP) is 6.14. The quantitative estimate of drug-likeness (QED) is 0.123. The minimum absolute atomic E-state index is 0.0730. The summed E-state index contributed by atoms with van der Waals surface area (Å²) in [6, 6.07) is 39.3. The van der Waals surface area contributed by atoms with Gasteiger partial charge in [0.25, 0.3) is 0 Å². The van der Waals surface area contributed by atoms with Gasteiger partial charge in [-0.3, -0.25) is 0 Å². The van der Waals surface area contributed by atoms with Crippen LogP contribution < -0.4 is 0 Å². The zero-order valence-corrected chi connectivity index (χ0v) is 28.7. The van der Waals surface area contributed by atoms with Gasteiger partial charge < -0.3 is 28.8 Å². The van der Waals surface area contributed by atoms with E-state index in [1.54, 1.807) is 91.0 Å². The minimum atomic E-state index is -2.46. The molecule has 0 spiro atoms. The van der Waals surface area contributed by atoms with Gasteiger partial charge in [-0.25, -0.2) is 24.0 Å². The van der Waals surface area contributed by atoms with E-state index in [0.717, 1.165) is 0 Å². The Kier molecular flexibility index (Phi) is 11.6. The summed E-state index contributed by atoms with van der Waals surface area (Å²) >= 11 is 0.501. The lowest BCUT2D eigenvalue weighted by Gasteiger charge is -2.47. The van der Waals surface area contributed by atoms with Crippen LogP contribution in [-0.4, -0.2) is 70.2 Å². The maximum Gasteiger partial charge on any atom is 0.339 e. The van der Waals surface area contributed by atoms with Crippen molar-refractivity contribution in [2.24, 2.45) is 0 Å². The molecule has 6 rings (SSSR count). The lowest BCUT2D eigenvalue weighted by atomic mass is 10.00. The summed E-state index contributed by atoms with van der Waals surface area (Å²) in [5, 5.41) is 12.5. The van der Waals surface area contributed by atoms with Crippen molar-refractivity contribution in [1.29, 1.82) is 0 Å². The summed E-state index contributed by atoms with van der Waals surface area (Å²) in [4.78, 5) is 65.3. The maximum absolute atomic E-state index is 13.7. The van der Waals surface area contributed by atoms with Gasteiger partial charge in [-0.1, -0.05) is 103 Å². The maximum atomic E-state index is 13.7. The van der Waals surface area contributed by atoms with Gasteiger partial charge in [0.15, 0.2) is 28.7 Å². The SMILES string of the molecule is O=C(OC[C@@]1(O)S[C@H](OC(=O)c2ccccc2)[C@H](OC(=O)c2ccccc2)[C@@H](OC(=O)c2ccccc2)[C@@H]1OC(=O)c1ccccc1)c1ccccc1. The highest BCUT2D eigenvalue weighted by atomic mass is 32.2. The predicted molar refractivity (Wildman–Crippen MR) is 192 cm³/mol. The Morgan fingerprint density at radius 2 is 0.774 bits per heavy atom. The van der Waals surface area contributed by atoms with E-state index in [1.807, 2.05) is 0 Å². The summed E-state index contributed by atoms with van der Waals surface area (Å²) in [5.41, 5.74) is -1.09. The van der Waals surface area contributed by atoms with E-state index in [2.05, 4.69) is 0 Å². The van der Waals surface area contributed by atoms with E-state index in [-0.39, 0.29) is 27.8 Å². The molecule has 1 fully saturated rings. The first-order valence-corrected chi connectivity index (χ1v) is 17.3. The third kappa shape index (κ3) is 8.98. The highest BCUT2D eigenvalue weighted by molar-refractivity contribution is 8.01. The Bertz CT molecular complexity index is 2030. The molecular formula is C41H32O11S. The van der Waals surface area contributed by atoms with Crippen LogP contribution in [0.3, 0.4) is 0 Å². The molecule has 11 nitrogen and oxygen atoms in total. The molecule has 0 aromatic heterocycles. The normalized spacial score (nSPS) is 20.6. The number of hydrogen-bond donors (Lipinski definition) is 1. The molecule has 5 aromatic rings. The van der Waals surface area contributed by atoms with Gasteiger partial charge in [-0.05, 0) is 60.7 Å². The van der Waals surface area contributed by atoms with Crippen LogP contribution in [-0.2, 0) is 23.7 Å². The van der Waals surface area contributed by atoms with Crippen molar-refractivity contribution >= 4 is 41.6 Å². The summed E-state index contributed by atoms with van der Waals surface area (Å²) in [7, 11) is 0. The van der Waals surface area contributed by atoms with Crippen LogP contribution in [0.2, 0.25) is 0 Å². The van der Waals surface area contributed by atoms with Crippen molar-refractivity contribution in [3.8, 4) is 0 Å². The Balaban J connectivity index is 1.45. The number of hydrogen-bond acceptors (Lipinski definition) is 12. The van der Waals surface area contributed by atoms with Crippen LogP contribution in [0.15, 0.2) is 152 Å². The molecule has 0 radical (unpaired) electrons. The van der Waals surface area contributed by atoms with Crippen molar-refractivity contribution in [2.75, 3.05) is 6.61 Å². The van der Waals surface area contributed by atoms with Crippen molar-refractivity contribution in [3.63, 3.8) is 0 Å². The Morgan fingerprint density at radius 3 is 1.17 bits per heavy atom. The number of thioether (sulfide) groups is 1. The standard InChI is InChI=1S/C41H32O11S/c42-35(27-16-6-1-7-17-27)48-26-41(47)34(51-38(45)30-22-12-4-13-23-30)32(49-36(43)28-18-8-2-9-19-28)33(50-37(44)29-20-10-3-11-21-29)40(53-41)52-39(46)31-24-14-5-15-25-31/h1-25,32-34,40,47H,26H2/t32-,33-,34+,40+,41-/m1/s1. The fraction of sp³-hybridized carbons (Fsp3) is 0.146. The lowest BCUT2D eigenvalue weighted by molar-refractivity contribution is -0.161. The van der Waals surface area contributed by atoms with Gasteiger partial charge >= 0.3 is 29.8 Å². The summed E-state index contributed by atoms with van der Waals surface area (Å²) in [5.74, 6) is -4.49. The van der Waals surface area contributed by atoms with Crippen LogP contribution in [0.1, 0.15) is 51.8 Å². The molecule has 0 bridgehead atoms. The van der Waals surface area contributed by atoms with Crippen molar-refractivity contribution < 1.29 is 52.8 Å². The number of ether oxygens (including phenoxy) is 5. The number of benzene rings is 5. The van der Waals surface area contributed by atoms with Gasteiger partial charge in [0, 0.05) is 0 Å². The zero-order chi connectivity index (χ0) is 37.2. The number of rotatable bonds is 11. The monoisotopic (exact) mass is 732 g/mol. The zero-order valence-electron chi connectivity index (χ0n) is 27.9. The van der Waals surface area contributed by atoms with E-state index in [4.69, 9.17) is 23.7 Å². The smallest absolute Gasteiger partial charge is 0.339 e. The molecule has 5 atom stereocenters. The fourth-order valence-corrected chi connectivity index (χ4v) is 6.73. The number of esters is 5. The minimum Gasteiger partial charge on any atom is -0.458 e. The van der Waals surface area contributed by atoms with Crippen LogP contribution >= 0.6 is 11.8 Å². The Morgan fingerprint density at radius 1 is 0.453 bits per heavy atom. The Labute approximate surface area is 308 Å². The van der Waals surface area contributed by atoms with E-state index >= 15 is 0 Å². The molecule has 1 heterocycles. The molecule has 1 saturated heterocycles. The van der Waals surface area contributed by atoms with Crippen LogP contribution in [0.5, 0.6) is 0 Å². The lowest BCUT2D eigenvalue weighted by Crippen LogP contribution is -2.65. The molecule has 0 aliphatic carbocycles. The van der Waals surface area contributed by atoms with Gasteiger partial charge in [0.1, 0.15) is 6.61 Å². The fourth-order valence-electron chi connectivity index (χ4n) is 5.40. The first-order valence-electron chi connectivity index (χ1n) is 16.4. The molecule has 268 valence electrons. The van der Waals surface area contributed by atoms with Crippen molar-refractivity contribution in [3.05, 3.63) is 179 Å². The first kappa shape index (κ1) is 36.5. The summed E-state index contributed by atoms with van der Waals surface area (Å²) in [6.45, 7) is -0.851. The highest BCUT2D eigenvalue weighted by Gasteiger charge is 2.61. The van der Waals surface area contributed by atoms with Gasteiger partial charge in [0.05, 0.1) is 27.8 Å². The van der Waals surface area contributed by atoms with E-state index in [0.29, 0.717) is 11.8 Å². The van der Waals surface area contributed by atoms with Gasteiger partial charge in [-0.15, -0.1) is 0 Å². The largest absolute Gasteiger partial charge is 0.458 e. The Hall–Kier alpha value is -6.24. The molecule has 0 unspecified atom stereocenters. The summed E-state index contributed by atoms with van der Waals surface area (Å²) < 4.78 is 29.3. The second kappa shape index (κ2) is 16.9. The number of aliphatic hydroxyl groups is 1. The van der Waals surface area contributed by atoms with Crippen LogP contribution in [0.25, 0.3) is 0 Å². The third-order valence-electron chi connectivity index (χ3n) is 8.06. The molecule has 0 amide bonds. The number of carbonyl (C=O) groups is 5. The third-order valence-corrected chi connectivity index (χ3v) is 9.41. The van der Waals surface area contributed by atoms with E-state index in [9.17, 15) is 29.1 Å². The molecular weight excluding hydrogens is 701 g/mol. The van der Waals surface area contributed by atoms with Gasteiger partial charge in [0.2, 0.25) is 0 Å². The molecule has 0 saturated carbocycles. The molecule has 1 aliphatic heterocycles. The average Bonchev–Trinajstić information content (AvgIpc) is 3.21. The molecule has 1 aliphatic rings. The highest BCUT2D eigenvalue weighted by Crippen LogP contribution is 2.45. The van der Waals surface area contributed by atoms with Crippen molar-refractivity contribution in [2.45, 2.75) is 28.7 Å². The van der Waals surface area contributed by atoms with Crippen LogP contribution in [0.4, 0.5) is 0 Å². The summed E-state index contributed by atoms with van der Waals surface area (Å²) in [6.07, 6.45) is -5.40. The second-order valence-corrected chi connectivity index (χ2v) is 13.1. The second-order valence-electron chi connectivity index (χ2n) is 11.7. The van der Waals surface area contributed by atoms with E-state index < -0.39 is 65.1 Å². The van der Waals surface area contributed by atoms with Crippen molar-refractivity contribution in [1.82, 2.24) is 0 Å². The molecule has 1 N–H and O–H groups in total. The van der Waals surface area contributed by atoms with Crippen LogP contribution in [0, 0.1) is 0 Å². The average molecular weight is 733 g/mol. The molecule has 5 aromatic carbocycles. The first-order chi connectivity index (χ1) is 25.7. The van der Waals surface area contributed by atoms with Gasteiger partial charge in [-0.2, -0.15) is 0 Å². The number of carbonyl (C=O) groups excluding carboxylic acids is 5. The molecule has 12 heteroatoms. The topological polar surface area (TPSA) is 152 Å².